The first-order chi connectivity index (χ1) is 7.36. The molecule has 86 valence electrons. The largest absolute Gasteiger partial charge is 0.382 e. The van der Waals surface area contributed by atoms with Crippen molar-refractivity contribution in [3.8, 4) is 0 Å². The third kappa shape index (κ3) is 4.37. The van der Waals surface area contributed by atoms with Crippen molar-refractivity contribution in [2.75, 3.05) is 5.32 Å². The molecule has 1 aromatic rings. The zero-order chi connectivity index (χ0) is 11.7. The van der Waals surface area contributed by atoms with Gasteiger partial charge in [0.15, 0.2) is 0 Å². The van der Waals surface area contributed by atoms with Crippen molar-refractivity contribution in [1.82, 2.24) is 0 Å². The van der Waals surface area contributed by atoms with E-state index in [1.165, 1.54) is 24.1 Å². The molecule has 1 aromatic carbocycles. The number of hydrogen-bond donors (Lipinski definition) is 1. The highest BCUT2D eigenvalue weighted by atomic mass is 14.9. The van der Waals surface area contributed by atoms with Crippen molar-refractivity contribution in [3.63, 3.8) is 0 Å². The molecule has 1 heteroatoms. The molecule has 0 aromatic heterocycles. The number of hydrogen-bond acceptors (Lipinski definition) is 1. The first-order valence-electron chi connectivity index (χ1n) is 6.21. The fourth-order valence-corrected chi connectivity index (χ4v) is 1.59. The van der Waals surface area contributed by atoms with Gasteiger partial charge in [-0.1, -0.05) is 45.9 Å². The lowest BCUT2D eigenvalue weighted by molar-refractivity contribution is 0.681. The summed E-state index contributed by atoms with van der Waals surface area (Å²) in [7, 11) is 0. The van der Waals surface area contributed by atoms with Crippen LogP contribution in [0.25, 0.3) is 0 Å². The van der Waals surface area contributed by atoms with Crippen LogP contribution < -0.4 is 5.32 Å². The van der Waals surface area contributed by atoms with E-state index in [4.69, 9.17) is 0 Å². The summed E-state index contributed by atoms with van der Waals surface area (Å²) < 4.78 is 0. The van der Waals surface area contributed by atoms with E-state index in [9.17, 15) is 0 Å². The van der Waals surface area contributed by atoms with Crippen LogP contribution in [0.1, 0.15) is 46.6 Å². The molecule has 1 unspecified atom stereocenters. The van der Waals surface area contributed by atoms with Crippen molar-refractivity contribution in [1.29, 1.82) is 0 Å². The van der Waals surface area contributed by atoms with Gasteiger partial charge in [-0.05, 0) is 31.4 Å². The predicted octanol–water partition coefficient (Wildman–Crippen LogP) is 4.49. The molecule has 2 rings (SSSR count). The van der Waals surface area contributed by atoms with Gasteiger partial charge < -0.3 is 5.32 Å². The van der Waals surface area contributed by atoms with Crippen molar-refractivity contribution >= 4 is 5.69 Å². The van der Waals surface area contributed by atoms with E-state index >= 15 is 0 Å². The van der Waals surface area contributed by atoms with E-state index < -0.39 is 0 Å². The van der Waals surface area contributed by atoms with E-state index in [-0.39, 0.29) is 0 Å². The summed E-state index contributed by atoms with van der Waals surface area (Å²) in [5.74, 6) is 0. The first kappa shape index (κ1) is 14.0. The van der Waals surface area contributed by atoms with E-state index in [1.54, 1.807) is 0 Å². The molecule has 0 fully saturated rings. The zero-order valence-corrected chi connectivity index (χ0v) is 10.8. The average Bonchev–Trinajstić information content (AvgIpc) is 2.34. The van der Waals surface area contributed by atoms with Crippen LogP contribution in [0.2, 0.25) is 0 Å². The molecule has 0 saturated carbocycles. The fraction of sp³-hybridized carbons (Fsp3) is 0.571. The molecule has 0 spiro atoms. The van der Waals surface area contributed by atoms with Crippen LogP contribution in [0.3, 0.4) is 0 Å². The van der Waals surface area contributed by atoms with Gasteiger partial charge in [0.05, 0.1) is 0 Å². The minimum absolute atomic E-state index is 0.643. The highest BCUT2D eigenvalue weighted by Crippen LogP contribution is 2.23. The Bertz CT molecular complexity index is 255. The number of aryl methyl sites for hydroxylation is 1. The van der Waals surface area contributed by atoms with Crippen LogP contribution in [-0.4, -0.2) is 6.04 Å². The number of nitrogens with one attached hydrogen (secondary N) is 1. The third-order valence-electron chi connectivity index (χ3n) is 2.27. The van der Waals surface area contributed by atoms with Crippen LogP contribution in [-0.2, 0) is 6.42 Å². The fourth-order valence-electron chi connectivity index (χ4n) is 1.59. The summed E-state index contributed by atoms with van der Waals surface area (Å²) in [4.78, 5) is 0. The van der Waals surface area contributed by atoms with Crippen LogP contribution >= 0.6 is 0 Å². The Morgan fingerprint density at radius 1 is 1.07 bits per heavy atom. The Morgan fingerprint density at radius 3 is 2.33 bits per heavy atom. The highest BCUT2D eigenvalue weighted by molar-refractivity contribution is 5.53. The van der Waals surface area contributed by atoms with Gasteiger partial charge in [0.1, 0.15) is 0 Å². The lowest BCUT2D eigenvalue weighted by atomic mass is 9.99. The molecule has 0 aliphatic carbocycles. The second-order valence-electron chi connectivity index (χ2n) is 3.24. The summed E-state index contributed by atoms with van der Waals surface area (Å²) in [6.07, 6.45) is 2.49. The van der Waals surface area contributed by atoms with Crippen LogP contribution in [0.5, 0.6) is 0 Å². The van der Waals surface area contributed by atoms with Crippen LogP contribution in [0.4, 0.5) is 5.69 Å². The normalized spacial score (nSPS) is 17.0. The maximum absolute atomic E-state index is 3.46. The maximum Gasteiger partial charge on any atom is 0.0374 e. The average molecular weight is 207 g/mol. The van der Waals surface area contributed by atoms with Gasteiger partial charge >= 0.3 is 0 Å². The highest BCUT2D eigenvalue weighted by Gasteiger charge is 2.11. The predicted molar refractivity (Wildman–Crippen MR) is 70.5 cm³/mol. The Kier molecular flexibility index (Phi) is 7.79. The molecular formula is C14H25N. The molecule has 1 aliphatic rings. The summed E-state index contributed by atoms with van der Waals surface area (Å²) in [6.45, 7) is 10.2. The van der Waals surface area contributed by atoms with Gasteiger partial charge in [-0.2, -0.15) is 0 Å². The van der Waals surface area contributed by atoms with Gasteiger partial charge in [0, 0.05) is 11.7 Å². The molecule has 1 atom stereocenters. The van der Waals surface area contributed by atoms with Gasteiger partial charge in [-0.15, -0.1) is 0 Å². The molecule has 0 amide bonds. The lowest BCUT2D eigenvalue weighted by Crippen LogP contribution is -2.21. The van der Waals surface area contributed by atoms with Gasteiger partial charge in [-0.25, -0.2) is 0 Å². The summed E-state index contributed by atoms with van der Waals surface area (Å²) in [5.41, 5.74) is 2.79. The molecule has 1 aliphatic heterocycles. The Morgan fingerprint density at radius 2 is 1.67 bits per heavy atom. The molecule has 0 radical (unpaired) electrons. The maximum atomic E-state index is 3.46. The quantitative estimate of drug-likeness (QED) is 0.661. The SMILES string of the molecule is CC.CC.CC1CCc2ccccc2N1. The number of para-hydroxylation sites is 1. The first-order valence-corrected chi connectivity index (χ1v) is 6.21. The van der Waals surface area contributed by atoms with Gasteiger partial charge in [0.2, 0.25) is 0 Å². The second-order valence-corrected chi connectivity index (χ2v) is 3.24. The topological polar surface area (TPSA) is 12.0 Å². The molecule has 1 N–H and O–H groups in total. The monoisotopic (exact) mass is 207 g/mol. The summed E-state index contributed by atoms with van der Waals surface area (Å²) >= 11 is 0. The summed E-state index contributed by atoms with van der Waals surface area (Å²) in [5, 5.41) is 3.46. The third-order valence-corrected chi connectivity index (χ3v) is 2.27. The molecule has 15 heavy (non-hydrogen) atoms. The van der Waals surface area contributed by atoms with Gasteiger partial charge in [-0.3, -0.25) is 0 Å². The Labute approximate surface area is 94.9 Å². The summed E-state index contributed by atoms with van der Waals surface area (Å²) in [6, 6.07) is 9.20. The van der Waals surface area contributed by atoms with Crippen molar-refractivity contribution in [2.24, 2.45) is 0 Å². The van der Waals surface area contributed by atoms with E-state index in [0.29, 0.717) is 6.04 Å². The van der Waals surface area contributed by atoms with Crippen molar-refractivity contribution < 1.29 is 0 Å². The molecule has 0 saturated heterocycles. The van der Waals surface area contributed by atoms with Crippen LogP contribution in [0.15, 0.2) is 24.3 Å². The molecular weight excluding hydrogens is 182 g/mol. The smallest absolute Gasteiger partial charge is 0.0374 e. The minimum Gasteiger partial charge on any atom is -0.382 e. The minimum atomic E-state index is 0.643. The van der Waals surface area contributed by atoms with E-state index in [1.807, 2.05) is 27.7 Å². The number of rotatable bonds is 0. The lowest BCUT2D eigenvalue weighted by Gasteiger charge is -2.23. The Balaban J connectivity index is 0.000000442. The van der Waals surface area contributed by atoms with E-state index in [0.717, 1.165) is 0 Å². The number of fused-ring (bicyclic) bond motifs is 1. The zero-order valence-electron chi connectivity index (χ0n) is 10.8. The molecule has 0 bridgehead atoms. The molecule has 1 nitrogen and oxygen atoms in total. The van der Waals surface area contributed by atoms with Crippen LogP contribution in [0, 0.1) is 0 Å². The molecule has 1 heterocycles. The van der Waals surface area contributed by atoms with Crippen molar-refractivity contribution in [3.05, 3.63) is 29.8 Å². The van der Waals surface area contributed by atoms with E-state index in [2.05, 4.69) is 36.5 Å². The number of benzene rings is 1. The Hall–Kier alpha value is -0.980. The van der Waals surface area contributed by atoms with Crippen molar-refractivity contribution in [2.45, 2.75) is 53.5 Å². The van der Waals surface area contributed by atoms with Gasteiger partial charge in [0.25, 0.3) is 0 Å². The standard InChI is InChI=1S/C10H13N.2C2H6/c1-8-6-7-9-4-2-3-5-10(9)11-8;2*1-2/h2-5,8,11H,6-7H2,1H3;2*1-2H3. The number of anilines is 1. The second kappa shape index (κ2) is 8.34.